The third-order valence-electron chi connectivity index (χ3n) is 3.13. The molecule has 0 spiro atoms. The highest BCUT2D eigenvalue weighted by atomic mass is 32.2. The molecule has 2 amide bonds. The summed E-state index contributed by atoms with van der Waals surface area (Å²) in [7, 11) is 0. The van der Waals surface area contributed by atoms with Gasteiger partial charge in [0.1, 0.15) is 6.04 Å². The van der Waals surface area contributed by atoms with Gasteiger partial charge < -0.3 is 5.11 Å². The van der Waals surface area contributed by atoms with Crippen LogP contribution in [-0.4, -0.2) is 45.4 Å². The molecule has 2 rings (SSSR count). The van der Waals surface area contributed by atoms with E-state index in [0.717, 1.165) is 10.8 Å². The van der Waals surface area contributed by atoms with Gasteiger partial charge in [-0.3, -0.25) is 14.4 Å². The molecule has 6 nitrogen and oxygen atoms in total. The first-order valence-electron chi connectivity index (χ1n) is 6.60. The third kappa shape index (κ3) is 3.25. The van der Waals surface area contributed by atoms with Crippen LogP contribution in [0.5, 0.6) is 0 Å². The maximum Gasteiger partial charge on any atom is 0.322 e. The Morgan fingerprint density at radius 1 is 1.29 bits per heavy atom. The zero-order chi connectivity index (χ0) is 15.4. The Balaban J connectivity index is 2.10. The maximum atomic E-state index is 12.1. The number of hydrogen-bond donors (Lipinski definition) is 2. The Hall–Kier alpha value is -1.86. The average Bonchev–Trinajstić information content (AvgIpc) is 2.71. The van der Waals surface area contributed by atoms with Crippen LogP contribution in [0.3, 0.4) is 0 Å². The number of imide groups is 1. The number of nitrogens with zero attached hydrogens (tertiary/aromatic N) is 1. The predicted octanol–water partition coefficient (Wildman–Crippen LogP) is 1.38. The number of carbonyl (C=O) groups excluding carboxylic acids is 2. The minimum absolute atomic E-state index is 0.294. The van der Waals surface area contributed by atoms with Gasteiger partial charge in [0.15, 0.2) is 0 Å². The molecule has 0 aliphatic carbocycles. The zero-order valence-electron chi connectivity index (χ0n) is 11.5. The van der Waals surface area contributed by atoms with E-state index in [1.54, 1.807) is 36.0 Å². The number of amides is 2. The second kappa shape index (κ2) is 6.73. The minimum Gasteiger partial charge on any atom is -0.480 e. The lowest BCUT2D eigenvalue weighted by Gasteiger charge is -2.21. The van der Waals surface area contributed by atoms with Crippen LogP contribution in [0.4, 0.5) is 0 Å². The molecule has 1 atom stereocenters. The van der Waals surface area contributed by atoms with Gasteiger partial charge in [-0.15, -0.1) is 0 Å². The van der Waals surface area contributed by atoms with Gasteiger partial charge in [0.05, 0.1) is 11.1 Å². The summed E-state index contributed by atoms with van der Waals surface area (Å²) in [6.45, 7) is 1.98. The number of carbonyl (C=O) groups is 3. The standard InChI is InChI=1S/C14H16N2O4S/c1-2-21-8-7-11(14(19)20)15-16-12(17)9-5-3-4-6-10(9)13(16)18/h3-6,11,15H,2,7-8H2,1H3,(H,19,20)/t11-/m0/s1. The van der Waals surface area contributed by atoms with Crippen molar-refractivity contribution in [3.8, 4) is 0 Å². The number of fused-ring (bicyclic) bond motifs is 1. The van der Waals surface area contributed by atoms with Gasteiger partial charge >= 0.3 is 5.97 Å². The highest BCUT2D eigenvalue weighted by molar-refractivity contribution is 7.99. The Morgan fingerprint density at radius 2 is 1.86 bits per heavy atom. The first-order valence-corrected chi connectivity index (χ1v) is 7.76. The summed E-state index contributed by atoms with van der Waals surface area (Å²) in [5.74, 6) is -0.568. The van der Waals surface area contributed by atoms with Crippen molar-refractivity contribution < 1.29 is 19.5 Å². The maximum absolute atomic E-state index is 12.1. The number of benzene rings is 1. The number of rotatable bonds is 7. The molecule has 1 aromatic carbocycles. The molecule has 0 fully saturated rings. The number of aliphatic carboxylic acids is 1. The van der Waals surface area contributed by atoms with Gasteiger partial charge in [-0.1, -0.05) is 19.1 Å². The first kappa shape index (κ1) is 15.5. The molecular weight excluding hydrogens is 292 g/mol. The molecule has 112 valence electrons. The van der Waals surface area contributed by atoms with Crippen molar-refractivity contribution in [2.24, 2.45) is 0 Å². The average molecular weight is 308 g/mol. The van der Waals surface area contributed by atoms with E-state index in [1.165, 1.54) is 0 Å². The number of thioether (sulfide) groups is 1. The molecule has 0 unspecified atom stereocenters. The van der Waals surface area contributed by atoms with Crippen LogP contribution in [0.25, 0.3) is 0 Å². The Labute approximate surface area is 126 Å². The topological polar surface area (TPSA) is 86.7 Å². The van der Waals surface area contributed by atoms with E-state index < -0.39 is 23.8 Å². The molecule has 1 aromatic rings. The van der Waals surface area contributed by atoms with Crippen molar-refractivity contribution in [1.29, 1.82) is 0 Å². The molecule has 0 aromatic heterocycles. The van der Waals surface area contributed by atoms with Crippen molar-refractivity contribution in [3.63, 3.8) is 0 Å². The molecule has 1 aliphatic rings. The number of nitrogens with one attached hydrogen (secondary N) is 1. The third-order valence-corrected chi connectivity index (χ3v) is 4.06. The molecule has 7 heteroatoms. The summed E-state index contributed by atoms with van der Waals surface area (Å²) in [5, 5.41) is 10.0. The summed E-state index contributed by atoms with van der Waals surface area (Å²) in [5.41, 5.74) is 3.13. The Morgan fingerprint density at radius 3 is 2.33 bits per heavy atom. The van der Waals surface area contributed by atoms with Crippen molar-refractivity contribution in [2.75, 3.05) is 11.5 Å². The van der Waals surface area contributed by atoms with Crippen LogP contribution < -0.4 is 5.43 Å². The lowest BCUT2D eigenvalue weighted by atomic mass is 10.1. The fourth-order valence-corrected chi connectivity index (χ4v) is 2.74. The molecule has 2 N–H and O–H groups in total. The van der Waals surface area contributed by atoms with Crippen LogP contribution in [-0.2, 0) is 4.79 Å². The van der Waals surface area contributed by atoms with E-state index in [0.29, 0.717) is 23.3 Å². The van der Waals surface area contributed by atoms with Gasteiger partial charge in [-0.2, -0.15) is 11.8 Å². The Kier molecular flexibility index (Phi) is 4.98. The molecule has 0 radical (unpaired) electrons. The summed E-state index contributed by atoms with van der Waals surface area (Å²) < 4.78 is 0. The second-order valence-corrected chi connectivity index (χ2v) is 5.89. The van der Waals surface area contributed by atoms with E-state index in [2.05, 4.69) is 5.43 Å². The minimum atomic E-state index is -1.08. The first-order chi connectivity index (χ1) is 10.1. The number of carboxylic acid groups (broad SMARTS) is 1. The molecule has 0 bridgehead atoms. The molecular formula is C14H16N2O4S. The van der Waals surface area contributed by atoms with Crippen LogP contribution in [0, 0.1) is 0 Å². The molecule has 1 heterocycles. The summed E-state index contributed by atoms with van der Waals surface area (Å²) in [6, 6.07) is 5.48. The van der Waals surface area contributed by atoms with Crippen molar-refractivity contribution >= 4 is 29.5 Å². The highest BCUT2D eigenvalue weighted by Gasteiger charge is 2.37. The van der Waals surface area contributed by atoms with Crippen molar-refractivity contribution in [3.05, 3.63) is 35.4 Å². The SMILES string of the molecule is CCSCC[C@H](NN1C(=O)c2ccccc2C1=O)C(=O)O. The van der Waals surface area contributed by atoms with Gasteiger partial charge in [0, 0.05) is 0 Å². The highest BCUT2D eigenvalue weighted by Crippen LogP contribution is 2.21. The van der Waals surface area contributed by atoms with Crippen LogP contribution in [0.1, 0.15) is 34.1 Å². The van der Waals surface area contributed by atoms with E-state index in [9.17, 15) is 19.5 Å². The molecule has 1 aliphatic heterocycles. The fourth-order valence-electron chi connectivity index (χ4n) is 2.05. The number of carboxylic acids is 1. The normalized spacial score (nSPS) is 15.2. The van der Waals surface area contributed by atoms with Gasteiger partial charge in [0.2, 0.25) is 0 Å². The largest absolute Gasteiger partial charge is 0.480 e. The van der Waals surface area contributed by atoms with Crippen LogP contribution in [0.2, 0.25) is 0 Å². The van der Waals surface area contributed by atoms with Gasteiger partial charge in [-0.25, -0.2) is 10.4 Å². The second-order valence-electron chi connectivity index (χ2n) is 4.50. The van der Waals surface area contributed by atoms with Crippen LogP contribution in [0.15, 0.2) is 24.3 Å². The number of hydrogen-bond acceptors (Lipinski definition) is 5. The van der Waals surface area contributed by atoms with Crippen LogP contribution >= 0.6 is 11.8 Å². The lowest BCUT2D eigenvalue weighted by Crippen LogP contribution is -2.51. The van der Waals surface area contributed by atoms with E-state index in [4.69, 9.17) is 0 Å². The quantitative estimate of drug-likeness (QED) is 0.584. The summed E-state index contributed by atoms with van der Waals surface area (Å²) in [6.07, 6.45) is 0.335. The van der Waals surface area contributed by atoms with Gasteiger partial charge in [0.25, 0.3) is 11.8 Å². The van der Waals surface area contributed by atoms with Crippen molar-refractivity contribution in [2.45, 2.75) is 19.4 Å². The summed E-state index contributed by atoms with van der Waals surface area (Å²) >= 11 is 1.61. The zero-order valence-corrected chi connectivity index (χ0v) is 12.4. The molecule has 0 saturated carbocycles. The molecule has 21 heavy (non-hydrogen) atoms. The lowest BCUT2D eigenvalue weighted by molar-refractivity contribution is -0.140. The summed E-state index contributed by atoms with van der Waals surface area (Å²) in [4.78, 5) is 35.5. The van der Waals surface area contributed by atoms with E-state index >= 15 is 0 Å². The monoisotopic (exact) mass is 308 g/mol. The fraction of sp³-hybridized carbons (Fsp3) is 0.357. The van der Waals surface area contributed by atoms with Crippen molar-refractivity contribution in [1.82, 2.24) is 10.4 Å². The van der Waals surface area contributed by atoms with E-state index in [-0.39, 0.29) is 0 Å². The smallest absolute Gasteiger partial charge is 0.322 e. The van der Waals surface area contributed by atoms with Gasteiger partial charge in [-0.05, 0) is 30.1 Å². The van der Waals surface area contributed by atoms with E-state index in [1.807, 2.05) is 6.92 Å². The number of hydrazine groups is 1. The predicted molar refractivity (Wildman–Crippen MR) is 79.1 cm³/mol. The Bertz CT molecular complexity index is 541. The molecule has 0 saturated heterocycles.